The van der Waals surface area contributed by atoms with Crippen LogP contribution in [0.15, 0.2) is 35.3 Å². The van der Waals surface area contributed by atoms with Crippen molar-refractivity contribution in [1.29, 1.82) is 0 Å². The minimum Gasteiger partial charge on any atom is -0.356 e. The van der Waals surface area contributed by atoms with Gasteiger partial charge in [0.15, 0.2) is 0 Å². The fraction of sp³-hybridized carbons (Fsp3) is 0.429. The third kappa shape index (κ3) is 3.87. The van der Waals surface area contributed by atoms with E-state index in [0.29, 0.717) is 11.7 Å². The molecule has 4 rings (SSSR count). The highest BCUT2D eigenvalue weighted by Crippen LogP contribution is 2.21. The molecule has 1 N–H and O–H groups in total. The predicted molar refractivity (Wildman–Crippen MR) is 112 cm³/mol. The van der Waals surface area contributed by atoms with Gasteiger partial charge in [-0.05, 0) is 49.8 Å². The molecular weight excluding hydrogens is 368 g/mol. The van der Waals surface area contributed by atoms with Crippen LogP contribution < -0.4 is 15.9 Å². The van der Waals surface area contributed by atoms with Gasteiger partial charge in [0.1, 0.15) is 12.4 Å². The second kappa shape index (κ2) is 7.69. The molecule has 0 saturated carbocycles. The van der Waals surface area contributed by atoms with Gasteiger partial charge in [0.25, 0.3) is 5.78 Å². The summed E-state index contributed by atoms with van der Waals surface area (Å²) in [4.78, 5) is 31.9. The molecule has 2 aromatic heterocycles. The molecule has 3 heterocycles. The molecule has 3 aromatic rings. The molecule has 0 bridgehead atoms. The highest BCUT2D eigenvalue weighted by atomic mass is 16.2. The summed E-state index contributed by atoms with van der Waals surface area (Å²) in [5, 5.41) is 7.17. The van der Waals surface area contributed by atoms with Crippen LogP contribution in [0.4, 0.5) is 11.5 Å². The number of hydrogen-bond donors (Lipinski definition) is 1. The summed E-state index contributed by atoms with van der Waals surface area (Å²) >= 11 is 0. The lowest BCUT2D eigenvalue weighted by molar-refractivity contribution is -0.117. The fourth-order valence-electron chi connectivity index (χ4n) is 3.90. The Kier molecular flexibility index (Phi) is 5.08. The molecule has 29 heavy (non-hydrogen) atoms. The summed E-state index contributed by atoms with van der Waals surface area (Å²) in [5.74, 6) is 1.46. The smallest absolute Gasteiger partial charge is 0.352 e. The molecule has 0 radical (unpaired) electrons. The van der Waals surface area contributed by atoms with Gasteiger partial charge in [-0.15, -0.1) is 5.10 Å². The number of benzene rings is 1. The first-order valence-electron chi connectivity index (χ1n) is 9.99. The zero-order chi connectivity index (χ0) is 20.5. The van der Waals surface area contributed by atoms with Crippen molar-refractivity contribution in [3.8, 4) is 0 Å². The summed E-state index contributed by atoms with van der Waals surface area (Å²) in [6.07, 6.45) is 4.04. The Morgan fingerprint density at radius 3 is 2.72 bits per heavy atom. The summed E-state index contributed by atoms with van der Waals surface area (Å²) in [7, 11) is 0. The van der Waals surface area contributed by atoms with E-state index in [2.05, 4.69) is 27.2 Å². The topological polar surface area (TPSA) is 84.5 Å². The molecular formula is C21H26N6O2. The lowest BCUT2D eigenvalue weighted by Gasteiger charge is -2.31. The lowest BCUT2D eigenvalue weighted by atomic mass is 10.0. The first-order chi connectivity index (χ1) is 13.9. The number of hydrogen-bond acceptors (Lipinski definition) is 5. The number of anilines is 2. The van der Waals surface area contributed by atoms with Crippen LogP contribution in [0.25, 0.3) is 5.78 Å². The maximum atomic E-state index is 12.6. The van der Waals surface area contributed by atoms with E-state index in [-0.39, 0.29) is 18.1 Å². The zero-order valence-corrected chi connectivity index (χ0v) is 17.1. The van der Waals surface area contributed by atoms with Crippen LogP contribution >= 0.6 is 0 Å². The molecule has 8 nitrogen and oxygen atoms in total. The van der Waals surface area contributed by atoms with E-state index in [4.69, 9.17) is 0 Å². The lowest BCUT2D eigenvalue weighted by Crippen LogP contribution is -2.35. The zero-order valence-electron chi connectivity index (χ0n) is 17.1. The average Bonchev–Trinajstić information content (AvgIpc) is 3.00. The molecule has 0 spiro atoms. The number of rotatable bonds is 4. The minimum absolute atomic E-state index is 0.161. The fourth-order valence-corrected chi connectivity index (χ4v) is 3.90. The SMILES string of the molecule is Cc1cccc(C)c1NC(=O)Cn1nc2nc(N3CCC[C@H](C)C3)ccn2c1=O. The average molecular weight is 394 g/mol. The van der Waals surface area contributed by atoms with Gasteiger partial charge in [0, 0.05) is 25.0 Å². The van der Waals surface area contributed by atoms with E-state index in [1.165, 1.54) is 10.8 Å². The molecule has 8 heteroatoms. The molecule has 1 aromatic carbocycles. The van der Waals surface area contributed by atoms with E-state index >= 15 is 0 Å². The van der Waals surface area contributed by atoms with Gasteiger partial charge >= 0.3 is 5.69 Å². The van der Waals surface area contributed by atoms with Crippen molar-refractivity contribution in [2.24, 2.45) is 5.92 Å². The Morgan fingerprint density at radius 2 is 2.00 bits per heavy atom. The molecule has 152 valence electrons. The summed E-state index contributed by atoms with van der Waals surface area (Å²) in [5.41, 5.74) is 2.35. The van der Waals surface area contributed by atoms with Crippen LogP contribution in [0.2, 0.25) is 0 Å². The Morgan fingerprint density at radius 1 is 1.24 bits per heavy atom. The Labute approximate surface area is 169 Å². The third-order valence-electron chi connectivity index (χ3n) is 5.46. The van der Waals surface area contributed by atoms with Crippen molar-refractivity contribution >= 4 is 23.2 Å². The second-order valence-electron chi connectivity index (χ2n) is 7.90. The maximum absolute atomic E-state index is 12.6. The Bertz CT molecular complexity index is 1100. The minimum atomic E-state index is -0.372. The van der Waals surface area contributed by atoms with Gasteiger partial charge in [-0.3, -0.25) is 4.79 Å². The molecule has 1 fully saturated rings. The number of fused-ring (bicyclic) bond motifs is 1. The second-order valence-corrected chi connectivity index (χ2v) is 7.90. The quantitative estimate of drug-likeness (QED) is 0.734. The van der Waals surface area contributed by atoms with Crippen molar-refractivity contribution in [3.63, 3.8) is 0 Å². The molecule has 1 amide bonds. The summed E-state index contributed by atoms with van der Waals surface area (Å²) in [6.45, 7) is 7.85. The van der Waals surface area contributed by atoms with E-state index in [0.717, 1.165) is 46.8 Å². The molecule has 0 unspecified atom stereocenters. The van der Waals surface area contributed by atoms with Crippen LogP contribution in [0.3, 0.4) is 0 Å². The van der Waals surface area contributed by atoms with Crippen LogP contribution in [-0.4, -0.2) is 38.2 Å². The van der Waals surface area contributed by atoms with Gasteiger partial charge in [-0.1, -0.05) is 25.1 Å². The van der Waals surface area contributed by atoms with Crippen LogP contribution in [0.1, 0.15) is 30.9 Å². The standard InChI is InChI=1S/C21H26N6O2/c1-14-6-5-10-25(12-14)17-9-11-26-20(22-17)24-27(21(26)29)13-18(28)23-19-15(2)7-4-8-16(19)3/h4,7-9,11,14H,5-6,10,12-13H2,1-3H3,(H,23,28)/t14-/m0/s1. The predicted octanol–water partition coefficient (Wildman–Crippen LogP) is 2.38. The molecule has 1 atom stereocenters. The first kappa shape index (κ1) is 19.2. The van der Waals surface area contributed by atoms with Crippen LogP contribution in [0.5, 0.6) is 0 Å². The molecule has 1 aliphatic rings. The highest BCUT2D eigenvalue weighted by molar-refractivity contribution is 5.92. The van der Waals surface area contributed by atoms with Crippen molar-refractivity contribution in [2.75, 3.05) is 23.3 Å². The monoisotopic (exact) mass is 394 g/mol. The van der Waals surface area contributed by atoms with Gasteiger partial charge < -0.3 is 10.2 Å². The Hall–Kier alpha value is -3.16. The number of piperidine rings is 1. The molecule has 0 aliphatic carbocycles. The van der Waals surface area contributed by atoms with E-state index < -0.39 is 0 Å². The van der Waals surface area contributed by atoms with Gasteiger partial charge in [0.2, 0.25) is 5.91 Å². The maximum Gasteiger partial charge on any atom is 0.352 e. The van der Waals surface area contributed by atoms with Gasteiger partial charge in [-0.2, -0.15) is 4.98 Å². The largest absolute Gasteiger partial charge is 0.356 e. The Balaban J connectivity index is 1.55. The van der Waals surface area contributed by atoms with E-state index in [9.17, 15) is 9.59 Å². The van der Waals surface area contributed by atoms with Gasteiger partial charge in [0.05, 0.1) is 0 Å². The van der Waals surface area contributed by atoms with E-state index in [1.807, 2.05) is 38.1 Å². The molecule has 1 saturated heterocycles. The number of nitrogens with one attached hydrogen (secondary N) is 1. The number of aryl methyl sites for hydroxylation is 2. The summed E-state index contributed by atoms with van der Waals surface area (Å²) in [6, 6.07) is 7.66. The van der Waals surface area contributed by atoms with Crippen LogP contribution in [0, 0.1) is 19.8 Å². The number of nitrogens with zero attached hydrogens (tertiary/aromatic N) is 5. The molecule has 1 aliphatic heterocycles. The number of amides is 1. The van der Waals surface area contributed by atoms with Crippen molar-refractivity contribution < 1.29 is 4.79 Å². The number of carbonyl (C=O) groups excluding carboxylic acids is 1. The van der Waals surface area contributed by atoms with Crippen molar-refractivity contribution in [2.45, 2.75) is 40.2 Å². The summed E-state index contributed by atoms with van der Waals surface area (Å²) < 4.78 is 2.54. The first-order valence-corrected chi connectivity index (χ1v) is 9.99. The van der Waals surface area contributed by atoms with Crippen LogP contribution in [-0.2, 0) is 11.3 Å². The highest BCUT2D eigenvalue weighted by Gasteiger charge is 2.19. The van der Waals surface area contributed by atoms with Crippen molar-refractivity contribution in [3.05, 3.63) is 52.1 Å². The van der Waals surface area contributed by atoms with Gasteiger partial charge in [-0.25, -0.2) is 13.9 Å². The number of para-hydroxylation sites is 1. The van der Waals surface area contributed by atoms with Crippen molar-refractivity contribution in [1.82, 2.24) is 19.2 Å². The normalized spacial score (nSPS) is 16.9. The number of carbonyl (C=O) groups is 1. The van der Waals surface area contributed by atoms with E-state index in [1.54, 1.807) is 6.20 Å². The third-order valence-corrected chi connectivity index (χ3v) is 5.46. The number of aromatic nitrogens is 4.